The van der Waals surface area contributed by atoms with Gasteiger partial charge in [0.15, 0.2) is 5.78 Å². The van der Waals surface area contributed by atoms with Gasteiger partial charge in [0.2, 0.25) is 5.91 Å². The third-order valence-corrected chi connectivity index (χ3v) is 3.75. The van der Waals surface area contributed by atoms with E-state index in [1.165, 1.54) is 0 Å². The van der Waals surface area contributed by atoms with Gasteiger partial charge in [-0.2, -0.15) is 0 Å². The van der Waals surface area contributed by atoms with Gasteiger partial charge in [-0.1, -0.05) is 49.2 Å². The molecule has 0 aliphatic carbocycles. The average molecular weight is 299 g/mol. The first-order valence-corrected chi connectivity index (χ1v) is 7.65. The molecule has 1 amide bonds. The highest BCUT2D eigenvalue weighted by molar-refractivity contribution is 5.99. The molecule has 0 saturated carbocycles. The van der Waals surface area contributed by atoms with Crippen molar-refractivity contribution in [2.75, 3.05) is 0 Å². The van der Waals surface area contributed by atoms with Crippen LogP contribution in [0.3, 0.4) is 0 Å². The fraction of sp³-hybridized carbons (Fsp3) is 0.333. The van der Waals surface area contributed by atoms with Crippen molar-refractivity contribution in [3.05, 3.63) is 48.0 Å². The minimum Gasteiger partial charge on any atom is -0.294 e. The Balaban J connectivity index is 1.75. The summed E-state index contributed by atoms with van der Waals surface area (Å²) in [6.45, 7) is 0. The van der Waals surface area contributed by atoms with Gasteiger partial charge in [-0.3, -0.25) is 14.8 Å². The van der Waals surface area contributed by atoms with E-state index in [-0.39, 0.29) is 11.7 Å². The number of benzene rings is 2. The molecule has 2 N–H and O–H groups in total. The smallest absolute Gasteiger partial charge is 0.243 e. The molecule has 0 aliphatic rings. The van der Waals surface area contributed by atoms with Crippen LogP contribution in [0.4, 0.5) is 0 Å². The van der Waals surface area contributed by atoms with Crippen LogP contribution in [-0.2, 0) is 4.79 Å². The van der Waals surface area contributed by atoms with Gasteiger partial charge < -0.3 is 0 Å². The normalized spacial score (nSPS) is 10.6. The molecule has 2 aromatic rings. The van der Waals surface area contributed by atoms with Crippen molar-refractivity contribution in [1.82, 2.24) is 5.48 Å². The molecule has 0 bridgehead atoms. The van der Waals surface area contributed by atoms with Gasteiger partial charge in [0, 0.05) is 18.4 Å². The molecule has 0 heterocycles. The van der Waals surface area contributed by atoms with Crippen LogP contribution in [0.5, 0.6) is 0 Å². The largest absolute Gasteiger partial charge is 0.294 e. The third-order valence-electron chi connectivity index (χ3n) is 3.75. The van der Waals surface area contributed by atoms with Crippen molar-refractivity contribution in [2.24, 2.45) is 0 Å². The topological polar surface area (TPSA) is 66.4 Å². The zero-order valence-electron chi connectivity index (χ0n) is 12.5. The Labute approximate surface area is 130 Å². The Hall–Kier alpha value is -2.20. The summed E-state index contributed by atoms with van der Waals surface area (Å²) in [6, 6.07) is 13.8. The first-order chi connectivity index (χ1) is 10.7. The standard InChI is InChI=1S/C18H21NO3/c20-17(9-3-1-2-4-10-18(21)19-22)16-12-11-14-7-5-6-8-15(14)13-16/h5-8,11-13,22H,1-4,9-10H2,(H,19,21). The molecule has 2 aromatic carbocycles. The molecule has 0 fully saturated rings. The van der Waals surface area contributed by atoms with Gasteiger partial charge in [-0.15, -0.1) is 0 Å². The summed E-state index contributed by atoms with van der Waals surface area (Å²) >= 11 is 0. The van der Waals surface area contributed by atoms with E-state index in [9.17, 15) is 9.59 Å². The molecule has 0 aromatic heterocycles. The lowest BCUT2D eigenvalue weighted by Crippen LogP contribution is -2.17. The van der Waals surface area contributed by atoms with E-state index in [1.807, 2.05) is 42.5 Å². The van der Waals surface area contributed by atoms with Crippen LogP contribution in [0, 0.1) is 0 Å². The molecule has 4 nitrogen and oxygen atoms in total. The maximum Gasteiger partial charge on any atom is 0.243 e. The molecular formula is C18H21NO3. The third kappa shape index (κ3) is 4.67. The SMILES string of the molecule is O=C(CCCCCCC(=O)c1ccc2ccccc2c1)NO. The fourth-order valence-corrected chi connectivity index (χ4v) is 2.49. The fourth-order valence-electron chi connectivity index (χ4n) is 2.49. The van der Waals surface area contributed by atoms with Gasteiger partial charge in [0.1, 0.15) is 0 Å². The number of Topliss-reactive ketones (excluding diaryl/α,β-unsaturated/α-hetero) is 1. The first kappa shape index (κ1) is 16.2. The van der Waals surface area contributed by atoms with Crippen LogP contribution >= 0.6 is 0 Å². The molecule has 0 unspecified atom stereocenters. The summed E-state index contributed by atoms with van der Waals surface area (Å²) in [5, 5.41) is 10.6. The van der Waals surface area contributed by atoms with Gasteiger partial charge in [0.05, 0.1) is 0 Å². The quantitative estimate of drug-likeness (QED) is 0.336. The summed E-state index contributed by atoms with van der Waals surface area (Å²) in [5.74, 6) is -0.189. The number of ketones is 1. The van der Waals surface area contributed by atoms with E-state index in [0.717, 1.165) is 42.0 Å². The van der Waals surface area contributed by atoms with Crippen LogP contribution in [0.15, 0.2) is 42.5 Å². The van der Waals surface area contributed by atoms with E-state index < -0.39 is 0 Å². The second kappa shape index (κ2) is 8.29. The molecule has 4 heteroatoms. The summed E-state index contributed by atoms with van der Waals surface area (Å²) in [5.41, 5.74) is 2.38. The maximum atomic E-state index is 12.2. The Morgan fingerprint density at radius 3 is 2.27 bits per heavy atom. The number of amides is 1. The van der Waals surface area contributed by atoms with Crippen molar-refractivity contribution >= 4 is 22.5 Å². The number of nitrogens with one attached hydrogen (secondary N) is 1. The number of fused-ring (bicyclic) bond motifs is 1. The summed E-state index contributed by atoms with van der Waals surface area (Å²) < 4.78 is 0. The average Bonchev–Trinajstić information content (AvgIpc) is 2.56. The second-order valence-corrected chi connectivity index (χ2v) is 5.43. The van der Waals surface area contributed by atoms with Crippen molar-refractivity contribution in [3.8, 4) is 0 Å². The molecule has 0 spiro atoms. The van der Waals surface area contributed by atoms with Crippen molar-refractivity contribution < 1.29 is 14.8 Å². The van der Waals surface area contributed by atoms with Gasteiger partial charge >= 0.3 is 0 Å². The van der Waals surface area contributed by atoms with Crippen LogP contribution in [0.25, 0.3) is 10.8 Å². The Morgan fingerprint density at radius 1 is 0.864 bits per heavy atom. The minimum absolute atomic E-state index is 0.166. The number of hydroxylamine groups is 1. The van der Waals surface area contributed by atoms with E-state index in [4.69, 9.17) is 5.21 Å². The lowest BCUT2D eigenvalue weighted by molar-refractivity contribution is -0.129. The van der Waals surface area contributed by atoms with Crippen LogP contribution in [0.2, 0.25) is 0 Å². The highest BCUT2D eigenvalue weighted by Crippen LogP contribution is 2.17. The molecule has 0 radical (unpaired) electrons. The summed E-state index contributed by atoms with van der Waals surface area (Å²) in [6.07, 6.45) is 4.22. The maximum absolute atomic E-state index is 12.2. The monoisotopic (exact) mass is 299 g/mol. The number of carbonyl (C=O) groups excluding carboxylic acids is 2. The van der Waals surface area contributed by atoms with Gasteiger partial charge in [0.25, 0.3) is 0 Å². The molecule has 0 aliphatic heterocycles. The molecule has 116 valence electrons. The van der Waals surface area contributed by atoms with E-state index in [0.29, 0.717) is 12.8 Å². The van der Waals surface area contributed by atoms with E-state index >= 15 is 0 Å². The number of hydrogen-bond donors (Lipinski definition) is 2. The molecular weight excluding hydrogens is 278 g/mol. The molecule has 0 atom stereocenters. The molecule has 2 rings (SSSR count). The minimum atomic E-state index is -0.354. The molecule has 22 heavy (non-hydrogen) atoms. The van der Waals surface area contributed by atoms with E-state index in [1.54, 1.807) is 5.48 Å². The number of hydrogen-bond acceptors (Lipinski definition) is 3. The molecule has 0 saturated heterocycles. The number of unbranched alkanes of at least 4 members (excludes halogenated alkanes) is 3. The predicted octanol–water partition coefficient (Wildman–Crippen LogP) is 3.87. The second-order valence-electron chi connectivity index (χ2n) is 5.43. The van der Waals surface area contributed by atoms with Crippen molar-refractivity contribution in [1.29, 1.82) is 0 Å². The van der Waals surface area contributed by atoms with Gasteiger partial charge in [-0.25, -0.2) is 5.48 Å². The van der Waals surface area contributed by atoms with Gasteiger partial charge in [-0.05, 0) is 29.7 Å². The lowest BCUT2D eigenvalue weighted by Gasteiger charge is -2.04. The van der Waals surface area contributed by atoms with Crippen molar-refractivity contribution in [2.45, 2.75) is 38.5 Å². The Kier molecular flexibility index (Phi) is 6.10. The van der Waals surface area contributed by atoms with Crippen LogP contribution < -0.4 is 5.48 Å². The van der Waals surface area contributed by atoms with Crippen LogP contribution in [-0.4, -0.2) is 16.9 Å². The Bertz CT molecular complexity index is 652. The Morgan fingerprint density at radius 2 is 1.55 bits per heavy atom. The van der Waals surface area contributed by atoms with Crippen molar-refractivity contribution in [3.63, 3.8) is 0 Å². The summed E-state index contributed by atoms with van der Waals surface area (Å²) in [7, 11) is 0. The highest BCUT2D eigenvalue weighted by Gasteiger charge is 2.06. The highest BCUT2D eigenvalue weighted by atomic mass is 16.5. The van der Waals surface area contributed by atoms with E-state index in [2.05, 4.69) is 0 Å². The first-order valence-electron chi connectivity index (χ1n) is 7.65. The number of carbonyl (C=O) groups is 2. The lowest BCUT2D eigenvalue weighted by atomic mass is 10.0. The number of rotatable bonds is 8. The zero-order chi connectivity index (χ0) is 15.8. The zero-order valence-corrected chi connectivity index (χ0v) is 12.5. The van der Waals surface area contributed by atoms with Crippen LogP contribution in [0.1, 0.15) is 48.9 Å². The summed E-state index contributed by atoms with van der Waals surface area (Å²) in [4.78, 5) is 23.0. The predicted molar refractivity (Wildman–Crippen MR) is 85.9 cm³/mol.